The molecule has 5 heteroatoms. The lowest BCUT2D eigenvalue weighted by Gasteiger charge is -2.36. The number of phenols is 1. The van der Waals surface area contributed by atoms with Crippen LogP contribution in [0, 0.1) is 0 Å². The maximum Gasteiger partial charge on any atom is 0.267 e. The van der Waals surface area contributed by atoms with Gasteiger partial charge in [0.15, 0.2) is 11.5 Å². The van der Waals surface area contributed by atoms with Crippen molar-refractivity contribution in [1.82, 2.24) is 4.90 Å². The summed E-state index contributed by atoms with van der Waals surface area (Å²) in [4.78, 5) is 14.7. The Balaban J connectivity index is 1.54. The largest absolute Gasteiger partial charge is 0.508 e. The number of para-hydroxylation sites is 2. The topological polar surface area (TPSA) is 59.0 Å². The van der Waals surface area contributed by atoms with Crippen molar-refractivity contribution >= 4 is 5.91 Å². The Morgan fingerprint density at radius 2 is 1.88 bits per heavy atom. The molecule has 0 bridgehead atoms. The monoisotopic (exact) mass is 325 g/mol. The highest BCUT2D eigenvalue weighted by Crippen LogP contribution is 2.34. The van der Waals surface area contributed by atoms with E-state index in [1.807, 2.05) is 37.3 Å². The van der Waals surface area contributed by atoms with Gasteiger partial charge >= 0.3 is 0 Å². The van der Waals surface area contributed by atoms with Crippen LogP contribution in [0.15, 0.2) is 42.5 Å². The Morgan fingerprint density at radius 3 is 2.67 bits per heavy atom. The van der Waals surface area contributed by atoms with Crippen LogP contribution in [0.5, 0.6) is 17.2 Å². The minimum Gasteiger partial charge on any atom is -0.508 e. The Labute approximate surface area is 140 Å². The molecule has 2 aromatic rings. The van der Waals surface area contributed by atoms with E-state index in [0.29, 0.717) is 24.6 Å². The number of fused-ring (bicyclic) bond motifs is 2. The first kappa shape index (κ1) is 14.9. The Kier molecular flexibility index (Phi) is 3.56. The van der Waals surface area contributed by atoms with Gasteiger partial charge in [-0.25, -0.2) is 0 Å². The maximum atomic E-state index is 12.9. The molecule has 0 aromatic heterocycles. The number of carbonyl (C=O) groups is 1. The van der Waals surface area contributed by atoms with Crippen LogP contribution in [-0.4, -0.2) is 34.7 Å². The zero-order valence-electron chi connectivity index (χ0n) is 13.4. The summed E-state index contributed by atoms with van der Waals surface area (Å²) >= 11 is 0. The molecule has 24 heavy (non-hydrogen) atoms. The van der Waals surface area contributed by atoms with Crippen LogP contribution >= 0.6 is 0 Å². The van der Waals surface area contributed by atoms with Gasteiger partial charge in [-0.05, 0) is 48.7 Å². The standard InChI is InChI=1S/C19H19NO4/c1-12-18(24-17-5-3-2-4-16(17)23-12)19(22)20-9-8-13-6-7-15(21)10-14(13)11-20/h2-7,10,12,18,21H,8-9,11H2,1H3/t12-,18-/m1/s1. The zero-order chi connectivity index (χ0) is 16.7. The number of benzene rings is 2. The SMILES string of the molecule is C[C@H]1Oc2ccccc2O[C@H]1C(=O)N1CCc2ccc(O)cc2C1. The van der Waals surface area contributed by atoms with Crippen LogP contribution in [0.2, 0.25) is 0 Å². The fourth-order valence-electron chi connectivity index (χ4n) is 3.30. The van der Waals surface area contributed by atoms with Crippen LogP contribution in [0.4, 0.5) is 0 Å². The first-order valence-electron chi connectivity index (χ1n) is 8.14. The number of aromatic hydroxyl groups is 1. The summed E-state index contributed by atoms with van der Waals surface area (Å²) < 4.78 is 11.7. The van der Waals surface area contributed by atoms with Gasteiger partial charge in [0.2, 0.25) is 6.10 Å². The normalized spacial score (nSPS) is 22.0. The van der Waals surface area contributed by atoms with E-state index >= 15 is 0 Å². The predicted octanol–water partition coefficient (Wildman–Crippen LogP) is 2.51. The van der Waals surface area contributed by atoms with Gasteiger partial charge in [0.05, 0.1) is 0 Å². The minimum atomic E-state index is -0.654. The molecule has 2 aliphatic rings. The Bertz CT molecular complexity index is 789. The second-order valence-electron chi connectivity index (χ2n) is 6.27. The summed E-state index contributed by atoms with van der Waals surface area (Å²) in [6.45, 7) is 2.98. The van der Waals surface area contributed by atoms with Crippen LogP contribution in [0.1, 0.15) is 18.1 Å². The van der Waals surface area contributed by atoms with Crippen LogP contribution in [0.25, 0.3) is 0 Å². The Hall–Kier alpha value is -2.69. The summed E-state index contributed by atoms with van der Waals surface area (Å²) in [5.41, 5.74) is 2.16. The lowest BCUT2D eigenvalue weighted by molar-refractivity contribution is -0.145. The summed E-state index contributed by atoms with van der Waals surface area (Å²) in [5, 5.41) is 9.66. The zero-order valence-corrected chi connectivity index (χ0v) is 13.4. The van der Waals surface area contributed by atoms with Crippen LogP contribution in [-0.2, 0) is 17.8 Å². The molecule has 1 amide bonds. The van der Waals surface area contributed by atoms with Gasteiger partial charge in [-0.3, -0.25) is 4.79 Å². The molecule has 0 saturated heterocycles. The number of nitrogens with zero attached hydrogens (tertiary/aromatic N) is 1. The highest BCUT2D eigenvalue weighted by molar-refractivity contribution is 5.82. The van der Waals surface area contributed by atoms with E-state index in [0.717, 1.165) is 12.0 Å². The number of ether oxygens (including phenoxy) is 2. The molecule has 2 atom stereocenters. The van der Waals surface area contributed by atoms with Crippen molar-refractivity contribution in [2.45, 2.75) is 32.1 Å². The lowest BCUT2D eigenvalue weighted by Crippen LogP contribution is -2.51. The number of carbonyl (C=O) groups excluding carboxylic acids is 1. The van der Waals surface area contributed by atoms with Gasteiger partial charge < -0.3 is 19.5 Å². The molecule has 2 aliphatic heterocycles. The Morgan fingerprint density at radius 1 is 1.12 bits per heavy atom. The second-order valence-corrected chi connectivity index (χ2v) is 6.27. The van der Waals surface area contributed by atoms with Crippen LogP contribution < -0.4 is 9.47 Å². The minimum absolute atomic E-state index is 0.0778. The molecular weight excluding hydrogens is 306 g/mol. The van der Waals surface area contributed by atoms with Gasteiger partial charge in [-0.1, -0.05) is 18.2 Å². The molecule has 0 radical (unpaired) electrons. The number of amides is 1. The van der Waals surface area contributed by atoms with Crippen molar-refractivity contribution in [2.75, 3.05) is 6.54 Å². The summed E-state index contributed by atoms with van der Waals surface area (Å²) in [7, 11) is 0. The third-order valence-corrected chi connectivity index (χ3v) is 4.60. The van der Waals surface area contributed by atoms with Gasteiger partial charge in [-0.2, -0.15) is 0 Å². The van der Waals surface area contributed by atoms with E-state index in [-0.39, 0.29) is 17.8 Å². The van der Waals surface area contributed by atoms with Crippen molar-refractivity contribution in [3.63, 3.8) is 0 Å². The number of hydrogen-bond donors (Lipinski definition) is 1. The summed E-state index contributed by atoms with van der Waals surface area (Å²) in [6, 6.07) is 12.7. The molecule has 0 fully saturated rings. The van der Waals surface area contributed by atoms with Gasteiger partial charge in [0.25, 0.3) is 5.91 Å². The first-order valence-corrected chi connectivity index (χ1v) is 8.14. The molecular formula is C19H19NO4. The van der Waals surface area contributed by atoms with E-state index in [9.17, 15) is 9.90 Å². The molecule has 5 nitrogen and oxygen atoms in total. The molecule has 4 rings (SSSR count). The number of phenolic OH excluding ortho intramolecular Hbond substituents is 1. The average Bonchev–Trinajstić information content (AvgIpc) is 2.60. The predicted molar refractivity (Wildman–Crippen MR) is 88.2 cm³/mol. The number of hydrogen-bond acceptors (Lipinski definition) is 4. The second kappa shape index (κ2) is 5.74. The molecule has 1 N–H and O–H groups in total. The van der Waals surface area contributed by atoms with E-state index < -0.39 is 6.10 Å². The van der Waals surface area contributed by atoms with E-state index in [1.165, 1.54) is 5.56 Å². The summed E-state index contributed by atoms with van der Waals surface area (Å²) in [6.07, 6.45) is -0.225. The van der Waals surface area contributed by atoms with Crippen molar-refractivity contribution < 1.29 is 19.4 Å². The third-order valence-electron chi connectivity index (χ3n) is 4.60. The maximum absolute atomic E-state index is 12.9. The van der Waals surface area contributed by atoms with Crippen molar-refractivity contribution in [3.05, 3.63) is 53.6 Å². The molecule has 0 aliphatic carbocycles. The van der Waals surface area contributed by atoms with E-state index in [2.05, 4.69) is 0 Å². The van der Waals surface area contributed by atoms with E-state index in [4.69, 9.17) is 9.47 Å². The molecule has 2 heterocycles. The van der Waals surface area contributed by atoms with Gasteiger partial charge in [0, 0.05) is 13.1 Å². The molecule has 0 unspecified atom stereocenters. The first-order chi connectivity index (χ1) is 11.6. The molecule has 2 aromatic carbocycles. The van der Waals surface area contributed by atoms with Crippen molar-refractivity contribution in [2.24, 2.45) is 0 Å². The molecule has 0 spiro atoms. The highest BCUT2D eigenvalue weighted by Gasteiger charge is 2.37. The van der Waals surface area contributed by atoms with E-state index in [1.54, 1.807) is 17.0 Å². The highest BCUT2D eigenvalue weighted by atomic mass is 16.6. The van der Waals surface area contributed by atoms with Gasteiger partial charge in [-0.15, -0.1) is 0 Å². The smallest absolute Gasteiger partial charge is 0.267 e. The van der Waals surface area contributed by atoms with Crippen molar-refractivity contribution in [3.8, 4) is 17.2 Å². The summed E-state index contributed by atoms with van der Waals surface area (Å²) in [5.74, 6) is 1.42. The molecule has 0 saturated carbocycles. The van der Waals surface area contributed by atoms with Crippen LogP contribution in [0.3, 0.4) is 0 Å². The third kappa shape index (κ3) is 2.56. The fourth-order valence-corrected chi connectivity index (χ4v) is 3.30. The quantitative estimate of drug-likeness (QED) is 0.875. The lowest BCUT2D eigenvalue weighted by atomic mass is 9.98. The number of rotatable bonds is 1. The van der Waals surface area contributed by atoms with Gasteiger partial charge in [0.1, 0.15) is 11.9 Å². The fraction of sp³-hybridized carbons (Fsp3) is 0.316. The average molecular weight is 325 g/mol. The van der Waals surface area contributed by atoms with Crippen molar-refractivity contribution in [1.29, 1.82) is 0 Å². The molecule has 124 valence electrons.